The number of carbonyl (C=O) groups is 3. The van der Waals surface area contributed by atoms with Crippen molar-refractivity contribution in [2.75, 3.05) is 16.6 Å². The molecule has 1 saturated carbocycles. The number of anilines is 2. The molecule has 1 saturated heterocycles. The van der Waals surface area contributed by atoms with Gasteiger partial charge >= 0.3 is 0 Å². The van der Waals surface area contributed by atoms with Crippen LogP contribution < -0.4 is 10.0 Å². The fraction of sp³-hybridized carbons (Fsp3) is 0.375. The number of aryl methyl sites for hydroxylation is 1. The lowest BCUT2D eigenvalue weighted by Crippen LogP contribution is -2.34. The minimum Gasteiger partial charge on any atom is -0.326 e. The average Bonchev–Trinajstić information content (AvgIpc) is 3.04. The first kappa shape index (κ1) is 23.0. The zero-order valence-corrected chi connectivity index (χ0v) is 19.2. The Morgan fingerprint density at radius 2 is 1.45 bits per heavy atom. The Labute approximate surface area is 193 Å². The number of hydrogen-bond donors (Lipinski definition) is 2. The van der Waals surface area contributed by atoms with Crippen LogP contribution in [0.4, 0.5) is 11.4 Å². The molecule has 0 aromatic heterocycles. The topological polar surface area (TPSA) is 113 Å². The highest BCUT2D eigenvalue weighted by Gasteiger charge is 2.47. The quantitative estimate of drug-likeness (QED) is 0.604. The largest absolute Gasteiger partial charge is 0.326 e. The highest BCUT2D eigenvalue weighted by Crippen LogP contribution is 2.38. The molecule has 2 N–H and O–H groups in total. The van der Waals surface area contributed by atoms with Crippen LogP contribution in [0.2, 0.25) is 0 Å². The smallest absolute Gasteiger partial charge is 0.261 e. The molecule has 0 radical (unpaired) electrons. The molecule has 9 heteroatoms. The molecular formula is C24H27N3O5S. The number of likely N-dealkylation sites (tertiary alicyclic amines) is 1. The molecule has 8 nitrogen and oxygen atoms in total. The third-order valence-electron chi connectivity index (χ3n) is 6.25. The van der Waals surface area contributed by atoms with Crippen molar-refractivity contribution in [1.82, 2.24) is 4.90 Å². The van der Waals surface area contributed by atoms with Gasteiger partial charge in [0.2, 0.25) is 17.7 Å². The van der Waals surface area contributed by atoms with Crippen LogP contribution in [-0.2, 0) is 24.4 Å². The van der Waals surface area contributed by atoms with Crippen molar-refractivity contribution in [3.63, 3.8) is 0 Å². The van der Waals surface area contributed by atoms with Crippen molar-refractivity contribution in [1.29, 1.82) is 0 Å². The average molecular weight is 470 g/mol. The second kappa shape index (κ2) is 9.35. The number of nitrogens with one attached hydrogen (secondary N) is 2. The van der Waals surface area contributed by atoms with Gasteiger partial charge in [0.1, 0.15) is 0 Å². The molecule has 2 aliphatic rings. The van der Waals surface area contributed by atoms with E-state index >= 15 is 0 Å². The lowest BCUT2D eigenvalue weighted by Gasteiger charge is -2.19. The number of rotatable bonds is 7. The molecule has 2 atom stereocenters. The molecule has 33 heavy (non-hydrogen) atoms. The summed E-state index contributed by atoms with van der Waals surface area (Å²) in [5, 5.41) is 2.72. The predicted octanol–water partition coefficient (Wildman–Crippen LogP) is 3.30. The Balaban J connectivity index is 1.31. The van der Waals surface area contributed by atoms with Gasteiger partial charge in [0.05, 0.1) is 16.7 Å². The summed E-state index contributed by atoms with van der Waals surface area (Å²) in [4.78, 5) is 38.8. The summed E-state index contributed by atoms with van der Waals surface area (Å²) in [7, 11) is -3.71. The molecule has 0 spiro atoms. The standard InChI is InChI=1S/C24H27N3O5S/c1-16-6-12-19(13-7-16)33(31,32)26-18-10-8-17(9-11-18)25-22(28)14-15-27-23(29)20-4-2-3-5-21(20)24(27)30/h6-13,20-21,26H,2-5,14-15H2,1H3,(H,25,28). The monoisotopic (exact) mass is 469 g/mol. The van der Waals surface area contributed by atoms with Crippen LogP contribution in [0.5, 0.6) is 0 Å². The molecule has 0 bridgehead atoms. The molecule has 3 amide bonds. The van der Waals surface area contributed by atoms with E-state index < -0.39 is 10.0 Å². The minimum atomic E-state index is -3.71. The van der Waals surface area contributed by atoms with Gasteiger partial charge in [-0.1, -0.05) is 30.5 Å². The minimum absolute atomic E-state index is 0.0126. The number of sulfonamides is 1. The molecule has 174 valence electrons. The second-order valence-electron chi connectivity index (χ2n) is 8.62. The molecular weight excluding hydrogens is 442 g/mol. The summed E-state index contributed by atoms with van der Waals surface area (Å²) in [5.74, 6) is -1.06. The Morgan fingerprint density at radius 3 is 2.03 bits per heavy atom. The number of carbonyl (C=O) groups excluding carboxylic acids is 3. The number of amides is 3. The van der Waals surface area contributed by atoms with E-state index in [0.717, 1.165) is 31.2 Å². The van der Waals surface area contributed by atoms with Crippen molar-refractivity contribution in [3.8, 4) is 0 Å². The van der Waals surface area contributed by atoms with E-state index in [0.29, 0.717) is 11.4 Å². The van der Waals surface area contributed by atoms with Crippen molar-refractivity contribution in [2.45, 2.75) is 43.9 Å². The summed E-state index contributed by atoms with van der Waals surface area (Å²) in [6.45, 7) is 1.95. The van der Waals surface area contributed by atoms with Crippen LogP contribution in [0.1, 0.15) is 37.7 Å². The van der Waals surface area contributed by atoms with Crippen molar-refractivity contribution in [2.24, 2.45) is 11.8 Å². The van der Waals surface area contributed by atoms with E-state index in [2.05, 4.69) is 10.0 Å². The van der Waals surface area contributed by atoms with Crippen molar-refractivity contribution >= 4 is 39.1 Å². The van der Waals surface area contributed by atoms with E-state index in [1.54, 1.807) is 36.4 Å². The Kier molecular flexibility index (Phi) is 6.51. The first-order valence-electron chi connectivity index (χ1n) is 11.1. The van der Waals surface area contributed by atoms with Crippen molar-refractivity contribution in [3.05, 3.63) is 54.1 Å². The van der Waals surface area contributed by atoms with E-state index in [1.807, 2.05) is 6.92 Å². The molecule has 2 unspecified atom stereocenters. The summed E-state index contributed by atoms with van der Waals surface area (Å²) < 4.78 is 27.5. The van der Waals surface area contributed by atoms with E-state index in [-0.39, 0.29) is 47.4 Å². The fourth-order valence-electron chi connectivity index (χ4n) is 4.44. The van der Waals surface area contributed by atoms with Crippen LogP contribution in [0.15, 0.2) is 53.4 Å². The van der Waals surface area contributed by atoms with Crippen LogP contribution in [0.3, 0.4) is 0 Å². The number of imide groups is 1. The Morgan fingerprint density at radius 1 is 0.909 bits per heavy atom. The van der Waals surface area contributed by atoms with Gasteiger partial charge in [-0.15, -0.1) is 0 Å². The highest BCUT2D eigenvalue weighted by atomic mass is 32.2. The van der Waals surface area contributed by atoms with Gasteiger partial charge in [-0.2, -0.15) is 0 Å². The summed E-state index contributed by atoms with van der Waals surface area (Å²) in [6.07, 6.45) is 3.44. The molecule has 2 fully saturated rings. The summed E-state index contributed by atoms with van der Waals surface area (Å²) in [6, 6.07) is 12.8. The summed E-state index contributed by atoms with van der Waals surface area (Å²) >= 11 is 0. The third-order valence-corrected chi connectivity index (χ3v) is 7.64. The van der Waals surface area contributed by atoms with Gasteiger partial charge in [-0.3, -0.25) is 24.0 Å². The lowest BCUT2D eigenvalue weighted by molar-refractivity contribution is -0.140. The Bertz CT molecular complexity index is 1140. The maximum atomic E-state index is 12.5. The van der Waals surface area contributed by atoms with E-state index in [1.165, 1.54) is 17.0 Å². The van der Waals surface area contributed by atoms with Crippen LogP contribution in [0.25, 0.3) is 0 Å². The van der Waals surface area contributed by atoms with Gasteiger partial charge in [0.25, 0.3) is 10.0 Å². The summed E-state index contributed by atoms with van der Waals surface area (Å²) in [5.41, 5.74) is 1.82. The highest BCUT2D eigenvalue weighted by molar-refractivity contribution is 7.92. The maximum Gasteiger partial charge on any atom is 0.261 e. The number of nitrogens with zero attached hydrogens (tertiary/aromatic N) is 1. The zero-order chi connectivity index (χ0) is 23.6. The first-order valence-corrected chi connectivity index (χ1v) is 12.6. The van der Waals surface area contributed by atoms with Crippen LogP contribution in [-0.4, -0.2) is 37.6 Å². The number of benzene rings is 2. The third kappa shape index (κ3) is 5.08. The number of hydrogen-bond acceptors (Lipinski definition) is 5. The molecule has 2 aromatic rings. The Hall–Kier alpha value is -3.20. The number of fused-ring (bicyclic) bond motifs is 1. The van der Waals surface area contributed by atoms with Crippen LogP contribution in [0, 0.1) is 18.8 Å². The van der Waals surface area contributed by atoms with E-state index in [4.69, 9.17) is 0 Å². The van der Waals surface area contributed by atoms with Gasteiger partial charge in [0.15, 0.2) is 0 Å². The SMILES string of the molecule is Cc1ccc(S(=O)(=O)Nc2ccc(NC(=O)CCN3C(=O)C4CCCCC4C3=O)cc2)cc1. The zero-order valence-electron chi connectivity index (χ0n) is 18.4. The second-order valence-corrected chi connectivity index (χ2v) is 10.3. The van der Waals surface area contributed by atoms with Crippen molar-refractivity contribution < 1.29 is 22.8 Å². The normalized spacial score (nSPS) is 20.5. The molecule has 1 aliphatic heterocycles. The predicted molar refractivity (Wildman–Crippen MR) is 124 cm³/mol. The molecule has 1 heterocycles. The van der Waals surface area contributed by atoms with Gasteiger partial charge in [-0.05, 0) is 56.2 Å². The first-order chi connectivity index (χ1) is 15.7. The molecule has 1 aliphatic carbocycles. The maximum absolute atomic E-state index is 12.5. The van der Waals surface area contributed by atoms with E-state index in [9.17, 15) is 22.8 Å². The van der Waals surface area contributed by atoms with Crippen LogP contribution >= 0.6 is 0 Å². The fourth-order valence-corrected chi connectivity index (χ4v) is 5.50. The van der Waals surface area contributed by atoms with Gasteiger partial charge in [-0.25, -0.2) is 8.42 Å². The molecule has 4 rings (SSSR count). The van der Waals surface area contributed by atoms with Gasteiger partial charge < -0.3 is 5.32 Å². The van der Waals surface area contributed by atoms with Gasteiger partial charge in [0, 0.05) is 24.3 Å². The lowest BCUT2D eigenvalue weighted by atomic mass is 9.81. The molecule has 2 aromatic carbocycles.